The molecular weight excluding hydrogens is 595 g/mol. The van der Waals surface area contributed by atoms with Gasteiger partial charge in [0.05, 0.1) is 12.2 Å². The van der Waals surface area contributed by atoms with E-state index in [9.17, 15) is 24.9 Å². The van der Waals surface area contributed by atoms with Crippen molar-refractivity contribution in [2.24, 2.45) is 39.9 Å². The minimum atomic E-state index is -0.952. The number of carboxylic acids is 1. The summed E-state index contributed by atoms with van der Waals surface area (Å²) in [5, 5.41) is 33.0. The predicted octanol–water partition coefficient (Wildman–Crippen LogP) is 6.43. The fourth-order valence-corrected chi connectivity index (χ4v) is 10.0. The van der Waals surface area contributed by atoms with Crippen molar-refractivity contribution >= 4 is 34.5 Å². The molecule has 4 rings (SSSR count). The highest BCUT2D eigenvalue weighted by atomic mass is 127. The van der Waals surface area contributed by atoms with Gasteiger partial charge in [0.25, 0.3) is 0 Å². The van der Waals surface area contributed by atoms with Crippen molar-refractivity contribution < 1.29 is 29.6 Å². The third-order valence-electron chi connectivity index (χ3n) is 11.8. The van der Waals surface area contributed by atoms with Crippen LogP contribution >= 0.6 is 22.6 Å². The van der Waals surface area contributed by atoms with Crippen LogP contribution in [0.1, 0.15) is 99.8 Å². The number of ether oxygens (including phenoxy) is 1. The summed E-state index contributed by atoms with van der Waals surface area (Å²) in [6, 6.07) is 0. The maximum atomic E-state index is 12.7. The van der Waals surface area contributed by atoms with Crippen LogP contribution in [0.15, 0.2) is 20.3 Å². The molecule has 6 nitrogen and oxygen atoms in total. The Morgan fingerprint density at radius 3 is 2.24 bits per heavy atom. The van der Waals surface area contributed by atoms with E-state index in [0.29, 0.717) is 37.2 Å². The number of carbonyl (C=O) groups excluding carboxylic acids is 1. The zero-order chi connectivity index (χ0) is 28.4. The third kappa shape index (κ3) is 4.60. The minimum Gasteiger partial charge on any atom is -0.478 e. The fourth-order valence-electron chi connectivity index (χ4n) is 9.77. The van der Waals surface area contributed by atoms with Crippen LogP contribution in [0.3, 0.4) is 0 Å². The number of fused-ring (bicyclic) bond motifs is 5. The number of carboxylic acid groups (broad SMARTS) is 1. The summed E-state index contributed by atoms with van der Waals surface area (Å²) in [6.07, 6.45) is 4.16. The molecule has 214 valence electrons. The molecule has 1 unspecified atom stereocenters. The molecule has 0 aliphatic heterocycles. The van der Waals surface area contributed by atoms with Crippen LogP contribution < -0.4 is 0 Å². The SMILES string of the molecule is CC(=O)O[C@H]1C[C@@]2(C)[C@H](C[C@@H](O)[C@@H]3[C@@]4(C)CC[C@@H](O)[C@@H](C)C4CC[C@@]32C)C1=C(CCC(I)=C(C)C)C(=O)O. The Balaban J connectivity index is 1.83. The van der Waals surface area contributed by atoms with Gasteiger partial charge in [-0.05, 0) is 137 Å². The van der Waals surface area contributed by atoms with Crippen LogP contribution in [-0.2, 0) is 14.3 Å². The van der Waals surface area contributed by atoms with E-state index < -0.39 is 24.1 Å². The predicted molar refractivity (Wildman–Crippen MR) is 156 cm³/mol. The number of hydrogen-bond acceptors (Lipinski definition) is 5. The van der Waals surface area contributed by atoms with E-state index >= 15 is 0 Å². The smallest absolute Gasteiger partial charge is 0.331 e. The minimum absolute atomic E-state index is 0.0437. The highest BCUT2D eigenvalue weighted by molar-refractivity contribution is 14.1. The van der Waals surface area contributed by atoms with E-state index in [1.54, 1.807) is 0 Å². The average molecular weight is 643 g/mol. The molecule has 4 fully saturated rings. The zero-order valence-corrected chi connectivity index (χ0v) is 26.3. The Morgan fingerprint density at radius 2 is 1.66 bits per heavy atom. The number of aliphatic carboxylic acids is 1. The molecule has 7 heteroatoms. The first-order chi connectivity index (χ1) is 17.6. The maximum absolute atomic E-state index is 12.7. The molecule has 0 spiro atoms. The van der Waals surface area contributed by atoms with E-state index in [0.717, 1.165) is 34.8 Å². The first kappa shape index (κ1) is 30.0. The van der Waals surface area contributed by atoms with Crippen molar-refractivity contribution in [3.8, 4) is 0 Å². The standard InChI is InChI=1S/C31H47IO6/c1-16(2)22(32)9-8-19(28(36)37)26-21-14-24(35)27-29(5)12-11-23(34)17(3)20(29)10-13-30(27,6)31(21,7)15-25(26)38-18(4)33/h17,20-21,23-25,27,34-35H,8-15H2,1-7H3,(H,36,37)/t17-,20?,21+,23+,24+,25-,27+,29-,30-,31-/m0/s1. The van der Waals surface area contributed by atoms with Crippen LogP contribution in [0.5, 0.6) is 0 Å². The molecule has 0 heterocycles. The Labute approximate surface area is 241 Å². The van der Waals surface area contributed by atoms with E-state index in [1.807, 2.05) is 13.8 Å². The lowest BCUT2D eigenvalue weighted by Gasteiger charge is -2.69. The third-order valence-corrected chi connectivity index (χ3v) is 13.4. The topological polar surface area (TPSA) is 104 Å². The second-order valence-corrected chi connectivity index (χ2v) is 15.0. The van der Waals surface area contributed by atoms with Gasteiger partial charge in [0.15, 0.2) is 0 Å². The number of aliphatic hydroxyl groups excluding tert-OH is 2. The van der Waals surface area contributed by atoms with Gasteiger partial charge >= 0.3 is 11.9 Å². The van der Waals surface area contributed by atoms with E-state index in [4.69, 9.17) is 4.74 Å². The highest BCUT2D eigenvalue weighted by Gasteiger charge is 2.70. The van der Waals surface area contributed by atoms with Crippen LogP contribution in [0.4, 0.5) is 0 Å². The molecule has 0 radical (unpaired) electrons. The van der Waals surface area contributed by atoms with Crippen molar-refractivity contribution in [2.45, 2.75) is 118 Å². The lowest BCUT2D eigenvalue weighted by Crippen LogP contribution is -2.65. The van der Waals surface area contributed by atoms with E-state index in [-0.39, 0.29) is 40.1 Å². The monoisotopic (exact) mass is 642 g/mol. The zero-order valence-electron chi connectivity index (χ0n) is 24.1. The second-order valence-electron chi connectivity index (χ2n) is 13.7. The van der Waals surface area contributed by atoms with Crippen LogP contribution in [0, 0.1) is 39.9 Å². The summed E-state index contributed by atoms with van der Waals surface area (Å²) in [4.78, 5) is 25.0. The van der Waals surface area contributed by atoms with Gasteiger partial charge in [-0.1, -0.05) is 33.3 Å². The molecule has 10 atom stereocenters. The molecule has 0 aromatic carbocycles. The molecule has 0 aromatic rings. The number of hydrogen-bond donors (Lipinski definition) is 3. The second kappa shape index (κ2) is 10.5. The molecule has 0 bridgehead atoms. The number of aliphatic hydroxyl groups is 2. The molecule has 4 aliphatic carbocycles. The molecule has 4 aliphatic rings. The number of rotatable bonds is 5. The van der Waals surface area contributed by atoms with Gasteiger partial charge in [-0.25, -0.2) is 4.79 Å². The largest absolute Gasteiger partial charge is 0.478 e. The molecule has 0 saturated heterocycles. The molecule has 4 saturated carbocycles. The highest BCUT2D eigenvalue weighted by Crippen LogP contribution is 2.74. The number of carbonyl (C=O) groups is 2. The molecular formula is C31H47IO6. The van der Waals surface area contributed by atoms with Crippen molar-refractivity contribution in [1.29, 1.82) is 0 Å². The summed E-state index contributed by atoms with van der Waals surface area (Å²) in [7, 11) is 0. The normalized spacial score (nSPS) is 45.4. The summed E-state index contributed by atoms with van der Waals surface area (Å²) < 4.78 is 7.04. The molecule has 0 aromatic heterocycles. The van der Waals surface area contributed by atoms with Crippen molar-refractivity contribution in [2.75, 3.05) is 0 Å². The van der Waals surface area contributed by atoms with Crippen molar-refractivity contribution in [3.05, 3.63) is 20.3 Å². The molecule has 0 amide bonds. The lowest BCUT2D eigenvalue weighted by molar-refractivity contribution is -0.234. The Kier molecular flexibility index (Phi) is 8.28. The average Bonchev–Trinajstić information content (AvgIpc) is 3.08. The van der Waals surface area contributed by atoms with Gasteiger partial charge in [-0.2, -0.15) is 0 Å². The molecule has 38 heavy (non-hydrogen) atoms. The summed E-state index contributed by atoms with van der Waals surface area (Å²) in [5.41, 5.74) is 1.59. The number of halogens is 1. The van der Waals surface area contributed by atoms with Gasteiger partial charge in [-0.15, -0.1) is 0 Å². The summed E-state index contributed by atoms with van der Waals surface area (Å²) >= 11 is 2.29. The van der Waals surface area contributed by atoms with Gasteiger partial charge < -0.3 is 20.1 Å². The van der Waals surface area contributed by atoms with Gasteiger partial charge in [0.2, 0.25) is 0 Å². The maximum Gasteiger partial charge on any atom is 0.331 e. The first-order valence-corrected chi connectivity index (χ1v) is 15.5. The Morgan fingerprint density at radius 1 is 1.00 bits per heavy atom. The van der Waals surface area contributed by atoms with E-state index in [2.05, 4.69) is 50.3 Å². The van der Waals surface area contributed by atoms with Crippen molar-refractivity contribution in [3.63, 3.8) is 0 Å². The quantitative estimate of drug-likeness (QED) is 0.182. The van der Waals surface area contributed by atoms with Gasteiger partial charge in [-0.3, -0.25) is 4.79 Å². The summed E-state index contributed by atoms with van der Waals surface area (Å²) in [6.45, 7) is 14.5. The first-order valence-electron chi connectivity index (χ1n) is 14.4. The lowest BCUT2D eigenvalue weighted by atomic mass is 9.36. The van der Waals surface area contributed by atoms with E-state index in [1.165, 1.54) is 12.5 Å². The number of esters is 1. The Bertz CT molecular complexity index is 1040. The van der Waals surface area contributed by atoms with Crippen LogP contribution in [-0.4, -0.2) is 45.6 Å². The Hall–Kier alpha value is -0.930. The van der Waals surface area contributed by atoms with Crippen LogP contribution in [0.2, 0.25) is 0 Å². The van der Waals surface area contributed by atoms with Gasteiger partial charge in [0.1, 0.15) is 6.10 Å². The van der Waals surface area contributed by atoms with Crippen LogP contribution in [0.25, 0.3) is 0 Å². The number of allylic oxidation sites excluding steroid dienone is 2. The molecule has 3 N–H and O–H groups in total. The van der Waals surface area contributed by atoms with Gasteiger partial charge in [0, 0.05) is 12.5 Å². The fraction of sp³-hybridized carbons (Fsp3) is 0.806. The van der Waals surface area contributed by atoms with Crippen molar-refractivity contribution in [1.82, 2.24) is 0 Å². The summed E-state index contributed by atoms with van der Waals surface area (Å²) in [5.74, 6) is -0.925.